The molecular weight excluding hydrogens is 511 g/mol. The van der Waals surface area contributed by atoms with E-state index in [0.29, 0.717) is 5.56 Å². The highest BCUT2D eigenvalue weighted by Gasteiger charge is 2.53. The van der Waals surface area contributed by atoms with Crippen molar-refractivity contribution in [1.29, 1.82) is 0 Å². The second-order valence-corrected chi connectivity index (χ2v) is 12.0. The van der Waals surface area contributed by atoms with Crippen LogP contribution in [0.4, 0.5) is 4.39 Å². The highest BCUT2D eigenvalue weighted by molar-refractivity contribution is 7.13. The Morgan fingerprint density at radius 3 is 2.58 bits per heavy atom. The van der Waals surface area contributed by atoms with E-state index in [4.69, 9.17) is 4.74 Å². The number of aryl methyl sites for hydroxylation is 1. The Balaban J connectivity index is 1.47. The summed E-state index contributed by atoms with van der Waals surface area (Å²) in [6, 6.07) is 3.40. The average molecular weight is 547 g/mol. The van der Waals surface area contributed by atoms with Gasteiger partial charge in [0.05, 0.1) is 22.2 Å². The number of aromatic nitrogens is 1. The van der Waals surface area contributed by atoms with Crippen molar-refractivity contribution in [2.75, 3.05) is 13.7 Å². The molecule has 1 saturated heterocycles. The quantitative estimate of drug-likeness (QED) is 0.468. The maximum absolute atomic E-state index is 14.4. The predicted molar refractivity (Wildman–Crippen MR) is 141 cm³/mol. The van der Waals surface area contributed by atoms with Crippen molar-refractivity contribution in [2.45, 2.75) is 77.4 Å². The Bertz CT molecular complexity index is 1220. The molecule has 0 unspecified atom stereocenters. The van der Waals surface area contributed by atoms with Gasteiger partial charge >= 0.3 is 0 Å². The van der Waals surface area contributed by atoms with Gasteiger partial charge in [-0.3, -0.25) is 14.4 Å². The standard InChI is InChI=1S/C27H35FN4O5S/c1-15-21(38-14-30-15)16-6-7-17(20(33)10-16)12-29-23(34)19-11-18(37-5)13-32(19)24(35)22(26(2,3)4)31-25(36)27(28)8-9-27/h6-7,10,14,18-19,22,33H,8-9,11-13H2,1-5H3,(H,29,34)(H,31,36)/t18-,19+,22-/m1/s1. The molecule has 3 amide bonds. The van der Waals surface area contributed by atoms with E-state index in [1.807, 2.05) is 13.0 Å². The van der Waals surface area contributed by atoms with Crippen LogP contribution in [-0.2, 0) is 25.7 Å². The first-order valence-electron chi connectivity index (χ1n) is 12.7. The van der Waals surface area contributed by atoms with Crippen LogP contribution in [0, 0.1) is 12.3 Å². The zero-order chi connectivity index (χ0) is 27.8. The number of carbonyl (C=O) groups is 3. The van der Waals surface area contributed by atoms with Crippen molar-refractivity contribution < 1.29 is 28.6 Å². The number of likely N-dealkylation sites (tertiary alicyclic amines) is 1. The Morgan fingerprint density at radius 1 is 1.32 bits per heavy atom. The number of phenolic OH excluding ortho intramolecular Hbond substituents is 1. The summed E-state index contributed by atoms with van der Waals surface area (Å²) >= 11 is 1.48. The minimum absolute atomic E-state index is 0.0421. The number of nitrogens with one attached hydrogen (secondary N) is 2. The number of hydrogen-bond acceptors (Lipinski definition) is 7. The number of benzene rings is 1. The van der Waals surface area contributed by atoms with Crippen LogP contribution < -0.4 is 10.6 Å². The number of hydrogen-bond donors (Lipinski definition) is 3. The lowest BCUT2D eigenvalue weighted by molar-refractivity contribution is -0.145. The lowest BCUT2D eigenvalue weighted by Gasteiger charge is -2.35. The van der Waals surface area contributed by atoms with Gasteiger partial charge in [0, 0.05) is 32.2 Å². The first-order valence-corrected chi connectivity index (χ1v) is 13.5. The molecule has 1 aliphatic heterocycles. The van der Waals surface area contributed by atoms with Crippen molar-refractivity contribution in [3.8, 4) is 16.2 Å². The SMILES string of the molecule is CO[C@@H]1C[C@@H](C(=O)NCc2ccc(-c3scnc3C)cc2O)N(C(=O)[C@@H](NC(=O)C2(F)CC2)C(C)(C)C)C1. The van der Waals surface area contributed by atoms with Gasteiger partial charge in [-0.25, -0.2) is 9.37 Å². The number of ether oxygens (including phenoxy) is 1. The molecule has 0 bridgehead atoms. The zero-order valence-electron chi connectivity index (χ0n) is 22.3. The van der Waals surface area contributed by atoms with Gasteiger partial charge in [0.25, 0.3) is 5.91 Å². The fourth-order valence-electron chi connectivity index (χ4n) is 4.61. The molecule has 2 aromatic rings. The van der Waals surface area contributed by atoms with E-state index in [-0.39, 0.29) is 44.2 Å². The summed E-state index contributed by atoms with van der Waals surface area (Å²) in [5.74, 6) is -1.60. The Labute approximate surface area is 225 Å². The summed E-state index contributed by atoms with van der Waals surface area (Å²) in [6.07, 6.45) is 0.197. The molecule has 0 spiro atoms. The molecule has 38 heavy (non-hydrogen) atoms. The van der Waals surface area contributed by atoms with E-state index in [1.54, 1.807) is 38.4 Å². The molecule has 0 radical (unpaired) electrons. The van der Waals surface area contributed by atoms with Gasteiger partial charge in [-0.1, -0.05) is 32.9 Å². The first-order chi connectivity index (χ1) is 17.8. The minimum Gasteiger partial charge on any atom is -0.508 e. The smallest absolute Gasteiger partial charge is 0.258 e. The lowest BCUT2D eigenvalue weighted by Crippen LogP contribution is -2.59. The van der Waals surface area contributed by atoms with Gasteiger partial charge in [0.2, 0.25) is 11.8 Å². The number of carbonyl (C=O) groups excluding carboxylic acids is 3. The minimum atomic E-state index is -1.92. The van der Waals surface area contributed by atoms with Gasteiger partial charge in [0.1, 0.15) is 17.8 Å². The molecule has 1 aromatic carbocycles. The van der Waals surface area contributed by atoms with Crippen molar-refractivity contribution in [1.82, 2.24) is 20.5 Å². The van der Waals surface area contributed by atoms with Crippen LogP contribution in [0.2, 0.25) is 0 Å². The van der Waals surface area contributed by atoms with Gasteiger partial charge in [-0.05, 0) is 36.8 Å². The average Bonchev–Trinajstić information content (AvgIpc) is 3.26. The molecule has 11 heteroatoms. The first kappa shape index (κ1) is 28.0. The topological polar surface area (TPSA) is 121 Å². The summed E-state index contributed by atoms with van der Waals surface area (Å²) in [4.78, 5) is 46.0. The number of amides is 3. The van der Waals surface area contributed by atoms with Crippen LogP contribution in [0.25, 0.3) is 10.4 Å². The third-order valence-corrected chi connectivity index (χ3v) is 8.19. The normalized spacial score (nSPS) is 21.2. The summed E-state index contributed by atoms with van der Waals surface area (Å²) in [5.41, 5.74) is 1.35. The fourth-order valence-corrected chi connectivity index (χ4v) is 5.41. The molecule has 206 valence electrons. The van der Waals surface area contributed by atoms with E-state index >= 15 is 0 Å². The summed E-state index contributed by atoms with van der Waals surface area (Å²) in [7, 11) is 1.51. The number of rotatable bonds is 8. The third-order valence-electron chi connectivity index (χ3n) is 7.21. The molecule has 1 saturated carbocycles. The van der Waals surface area contributed by atoms with Gasteiger partial charge in [0.15, 0.2) is 5.67 Å². The number of methoxy groups -OCH3 is 1. The zero-order valence-corrected chi connectivity index (χ0v) is 23.2. The molecule has 2 aliphatic rings. The summed E-state index contributed by atoms with van der Waals surface area (Å²) in [5, 5.41) is 16.0. The molecule has 1 aliphatic carbocycles. The molecule has 2 heterocycles. The fraction of sp³-hybridized carbons (Fsp3) is 0.556. The molecule has 2 fully saturated rings. The van der Waals surface area contributed by atoms with Crippen LogP contribution in [0.15, 0.2) is 23.7 Å². The monoisotopic (exact) mass is 546 g/mol. The van der Waals surface area contributed by atoms with Crippen molar-refractivity contribution in [2.24, 2.45) is 5.41 Å². The number of alkyl halides is 1. The summed E-state index contributed by atoms with van der Waals surface area (Å²) < 4.78 is 19.8. The van der Waals surface area contributed by atoms with E-state index in [2.05, 4.69) is 15.6 Å². The van der Waals surface area contributed by atoms with E-state index in [1.165, 1.54) is 23.3 Å². The molecule has 9 nitrogen and oxygen atoms in total. The maximum atomic E-state index is 14.4. The summed E-state index contributed by atoms with van der Waals surface area (Å²) in [6.45, 7) is 7.49. The maximum Gasteiger partial charge on any atom is 0.258 e. The molecular formula is C27H35FN4O5S. The van der Waals surface area contributed by atoms with Crippen LogP contribution >= 0.6 is 11.3 Å². The van der Waals surface area contributed by atoms with Crippen molar-refractivity contribution in [3.05, 3.63) is 35.0 Å². The van der Waals surface area contributed by atoms with Gasteiger partial charge in [-0.15, -0.1) is 11.3 Å². The molecule has 4 rings (SSSR count). The second-order valence-electron chi connectivity index (χ2n) is 11.2. The molecule has 3 atom stereocenters. The Hall–Kier alpha value is -3.05. The number of nitrogens with zero attached hydrogens (tertiary/aromatic N) is 2. The van der Waals surface area contributed by atoms with Crippen LogP contribution in [0.3, 0.4) is 0 Å². The number of thiazole rings is 1. The lowest BCUT2D eigenvalue weighted by atomic mass is 9.85. The van der Waals surface area contributed by atoms with Gasteiger partial charge < -0.3 is 25.4 Å². The Kier molecular flexibility index (Phi) is 7.81. The number of phenols is 1. The van der Waals surface area contributed by atoms with E-state index < -0.39 is 40.9 Å². The van der Waals surface area contributed by atoms with Crippen LogP contribution in [0.1, 0.15) is 51.3 Å². The van der Waals surface area contributed by atoms with E-state index in [9.17, 15) is 23.9 Å². The third kappa shape index (κ3) is 5.83. The molecule has 1 aromatic heterocycles. The number of halogens is 1. The van der Waals surface area contributed by atoms with Crippen LogP contribution in [-0.4, -0.2) is 70.2 Å². The van der Waals surface area contributed by atoms with Gasteiger partial charge in [-0.2, -0.15) is 0 Å². The van der Waals surface area contributed by atoms with Crippen molar-refractivity contribution in [3.63, 3.8) is 0 Å². The van der Waals surface area contributed by atoms with E-state index in [0.717, 1.165) is 16.1 Å². The number of aromatic hydroxyl groups is 1. The largest absolute Gasteiger partial charge is 0.508 e. The Morgan fingerprint density at radius 2 is 2.03 bits per heavy atom. The van der Waals surface area contributed by atoms with Crippen molar-refractivity contribution >= 4 is 29.1 Å². The molecule has 3 N–H and O–H groups in total. The van der Waals surface area contributed by atoms with Crippen LogP contribution in [0.5, 0.6) is 5.75 Å². The second kappa shape index (κ2) is 10.6. The predicted octanol–water partition coefficient (Wildman–Crippen LogP) is 3.09. The highest BCUT2D eigenvalue weighted by atomic mass is 32.1. The highest BCUT2D eigenvalue weighted by Crippen LogP contribution is 2.40.